The Bertz CT molecular complexity index is 722. The lowest BCUT2D eigenvalue weighted by molar-refractivity contribution is 0.104. The van der Waals surface area contributed by atoms with Gasteiger partial charge in [-0.05, 0) is 42.5 Å². The minimum absolute atomic E-state index is 0.117. The van der Waals surface area contributed by atoms with E-state index in [0.29, 0.717) is 17.1 Å². The van der Waals surface area contributed by atoms with E-state index in [4.69, 9.17) is 9.47 Å². The lowest BCUT2D eigenvalue weighted by Crippen LogP contribution is -2.08. The van der Waals surface area contributed by atoms with E-state index in [-0.39, 0.29) is 5.78 Å². The SMILES string of the molecule is COc1ccc(C(=O)/C=C/Nc2ccc(N(C)C)cc2)cc1OC. The fraction of sp³-hybridized carbons (Fsp3) is 0.211. The van der Waals surface area contributed by atoms with E-state index < -0.39 is 0 Å². The van der Waals surface area contributed by atoms with Gasteiger partial charge in [0.15, 0.2) is 17.3 Å². The fourth-order valence-electron chi connectivity index (χ4n) is 2.16. The Kier molecular flexibility index (Phi) is 5.84. The second kappa shape index (κ2) is 8.06. The number of carbonyl (C=O) groups is 1. The van der Waals surface area contributed by atoms with E-state index in [2.05, 4.69) is 5.32 Å². The van der Waals surface area contributed by atoms with Crippen molar-refractivity contribution in [3.8, 4) is 11.5 Å². The summed E-state index contributed by atoms with van der Waals surface area (Å²) in [5.74, 6) is 1.01. The van der Waals surface area contributed by atoms with Crippen molar-refractivity contribution in [2.24, 2.45) is 0 Å². The van der Waals surface area contributed by atoms with Gasteiger partial charge in [-0.1, -0.05) is 0 Å². The molecule has 0 saturated heterocycles. The normalized spacial score (nSPS) is 10.5. The molecule has 126 valence electrons. The molecule has 24 heavy (non-hydrogen) atoms. The van der Waals surface area contributed by atoms with Gasteiger partial charge in [0, 0.05) is 43.3 Å². The number of nitrogens with zero attached hydrogens (tertiary/aromatic N) is 1. The summed E-state index contributed by atoms with van der Waals surface area (Å²) in [6.07, 6.45) is 3.12. The lowest BCUT2D eigenvalue weighted by Gasteiger charge is -2.12. The summed E-state index contributed by atoms with van der Waals surface area (Å²) < 4.78 is 10.4. The molecule has 2 rings (SSSR count). The zero-order valence-corrected chi connectivity index (χ0v) is 14.4. The lowest BCUT2D eigenvalue weighted by atomic mass is 10.1. The van der Waals surface area contributed by atoms with Crippen molar-refractivity contribution in [3.63, 3.8) is 0 Å². The van der Waals surface area contributed by atoms with Crippen LogP contribution in [0.25, 0.3) is 0 Å². The van der Waals surface area contributed by atoms with Gasteiger partial charge in [0.2, 0.25) is 0 Å². The highest BCUT2D eigenvalue weighted by atomic mass is 16.5. The van der Waals surface area contributed by atoms with Crippen LogP contribution >= 0.6 is 0 Å². The molecule has 1 N–H and O–H groups in total. The van der Waals surface area contributed by atoms with Gasteiger partial charge < -0.3 is 19.7 Å². The number of ether oxygens (including phenoxy) is 2. The number of hydrogen-bond acceptors (Lipinski definition) is 5. The maximum atomic E-state index is 12.2. The molecular formula is C19H22N2O3. The molecule has 0 aliphatic heterocycles. The number of allylic oxidation sites excluding steroid dienone is 1. The quantitative estimate of drug-likeness (QED) is 0.622. The third-order valence-corrected chi connectivity index (χ3v) is 3.54. The first-order chi connectivity index (χ1) is 11.5. The maximum Gasteiger partial charge on any atom is 0.187 e. The zero-order valence-electron chi connectivity index (χ0n) is 14.4. The van der Waals surface area contributed by atoms with Gasteiger partial charge in [-0.15, -0.1) is 0 Å². The van der Waals surface area contributed by atoms with Gasteiger partial charge in [-0.25, -0.2) is 0 Å². The summed E-state index contributed by atoms with van der Waals surface area (Å²) in [7, 11) is 7.08. The third-order valence-electron chi connectivity index (χ3n) is 3.54. The average Bonchev–Trinajstić information content (AvgIpc) is 2.61. The first-order valence-corrected chi connectivity index (χ1v) is 7.52. The van der Waals surface area contributed by atoms with Crippen molar-refractivity contribution < 1.29 is 14.3 Å². The molecule has 0 fully saturated rings. The van der Waals surface area contributed by atoms with Gasteiger partial charge in [0.05, 0.1) is 14.2 Å². The van der Waals surface area contributed by atoms with Gasteiger partial charge in [-0.2, -0.15) is 0 Å². The number of hydrogen-bond donors (Lipinski definition) is 1. The Labute approximate surface area is 142 Å². The molecule has 0 bridgehead atoms. The van der Waals surface area contributed by atoms with Gasteiger partial charge in [-0.3, -0.25) is 4.79 Å². The predicted octanol–water partition coefficient (Wildman–Crippen LogP) is 3.58. The molecule has 0 heterocycles. The molecule has 5 nitrogen and oxygen atoms in total. The van der Waals surface area contributed by atoms with Gasteiger partial charge in [0.25, 0.3) is 0 Å². The molecule has 5 heteroatoms. The zero-order chi connectivity index (χ0) is 17.5. The van der Waals surface area contributed by atoms with E-state index in [1.54, 1.807) is 38.6 Å². The Balaban J connectivity index is 2.02. The Morgan fingerprint density at radius 2 is 1.67 bits per heavy atom. The molecule has 2 aromatic rings. The first kappa shape index (κ1) is 17.4. The maximum absolute atomic E-state index is 12.2. The van der Waals surface area contributed by atoms with E-state index in [1.807, 2.05) is 43.3 Å². The van der Waals surface area contributed by atoms with Crippen LogP contribution in [0.4, 0.5) is 11.4 Å². The predicted molar refractivity (Wildman–Crippen MR) is 97.4 cm³/mol. The molecule has 0 atom stereocenters. The second-order valence-corrected chi connectivity index (χ2v) is 5.35. The molecule has 0 aliphatic rings. The largest absolute Gasteiger partial charge is 0.493 e. The van der Waals surface area contributed by atoms with Crippen LogP contribution in [0, 0.1) is 0 Å². The first-order valence-electron chi connectivity index (χ1n) is 7.52. The minimum atomic E-state index is -0.117. The molecule has 2 aromatic carbocycles. The van der Waals surface area contributed by atoms with Gasteiger partial charge in [0.1, 0.15) is 0 Å². The summed E-state index contributed by atoms with van der Waals surface area (Å²) in [4.78, 5) is 14.2. The summed E-state index contributed by atoms with van der Waals surface area (Å²) in [5.41, 5.74) is 2.57. The molecule has 0 saturated carbocycles. The topological polar surface area (TPSA) is 50.8 Å². The smallest absolute Gasteiger partial charge is 0.187 e. The summed E-state index contributed by atoms with van der Waals surface area (Å²) in [6.45, 7) is 0. The number of rotatable bonds is 7. The van der Waals surface area contributed by atoms with E-state index in [1.165, 1.54) is 6.08 Å². The number of methoxy groups -OCH3 is 2. The molecular weight excluding hydrogens is 304 g/mol. The molecule has 0 aromatic heterocycles. The van der Waals surface area contributed by atoms with Crippen LogP contribution < -0.4 is 19.7 Å². The molecule has 0 spiro atoms. The number of carbonyl (C=O) groups excluding carboxylic acids is 1. The Morgan fingerprint density at radius 1 is 1.00 bits per heavy atom. The van der Waals surface area contributed by atoms with E-state index in [0.717, 1.165) is 11.4 Å². The highest BCUT2D eigenvalue weighted by Crippen LogP contribution is 2.27. The standard InChI is InChI=1S/C19H22N2O3/c1-21(2)16-8-6-15(7-9-16)20-12-11-17(22)14-5-10-18(23-3)19(13-14)24-4/h5-13,20H,1-4H3/b12-11+. The molecule has 0 aliphatic carbocycles. The van der Waals surface area contributed by atoms with Crippen molar-refractivity contribution >= 4 is 17.2 Å². The van der Waals surface area contributed by atoms with Crippen LogP contribution in [0.5, 0.6) is 11.5 Å². The number of nitrogens with one attached hydrogen (secondary N) is 1. The van der Waals surface area contributed by atoms with Crippen LogP contribution in [0.15, 0.2) is 54.7 Å². The highest BCUT2D eigenvalue weighted by Gasteiger charge is 2.08. The van der Waals surface area contributed by atoms with Crippen LogP contribution in [0.3, 0.4) is 0 Å². The van der Waals surface area contributed by atoms with E-state index >= 15 is 0 Å². The molecule has 0 amide bonds. The van der Waals surface area contributed by atoms with Crippen LogP contribution in [0.1, 0.15) is 10.4 Å². The summed E-state index contributed by atoms with van der Waals surface area (Å²) >= 11 is 0. The van der Waals surface area contributed by atoms with Crippen LogP contribution in [-0.4, -0.2) is 34.1 Å². The number of benzene rings is 2. The second-order valence-electron chi connectivity index (χ2n) is 5.35. The average molecular weight is 326 g/mol. The van der Waals surface area contributed by atoms with Crippen molar-refractivity contribution in [1.82, 2.24) is 0 Å². The summed E-state index contributed by atoms with van der Waals surface area (Å²) in [6, 6.07) is 13.0. The highest BCUT2D eigenvalue weighted by molar-refractivity contribution is 6.05. The summed E-state index contributed by atoms with van der Waals surface area (Å²) in [5, 5.41) is 3.09. The van der Waals surface area contributed by atoms with Crippen LogP contribution in [-0.2, 0) is 0 Å². The number of ketones is 1. The van der Waals surface area contributed by atoms with Crippen molar-refractivity contribution in [2.45, 2.75) is 0 Å². The number of anilines is 2. The monoisotopic (exact) mass is 326 g/mol. The van der Waals surface area contributed by atoms with Crippen molar-refractivity contribution in [2.75, 3.05) is 38.5 Å². The fourth-order valence-corrected chi connectivity index (χ4v) is 2.16. The Morgan fingerprint density at radius 3 is 2.25 bits per heavy atom. The van der Waals surface area contributed by atoms with Gasteiger partial charge >= 0.3 is 0 Å². The Hall–Kier alpha value is -2.95. The van der Waals surface area contributed by atoms with E-state index in [9.17, 15) is 4.79 Å². The van der Waals surface area contributed by atoms with Crippen molar-refractivity contribution in [3.05, 3.63) is 60.3 Å². The van der Waals surface area contributed by atoms with Crippen LogP contribution in [0.2, 0.25) is 0 Å². The third kappa shape index (κ3) is 4.29. The minimum Gasteiger partial charge on any atom is -0.493 e. The molecule has 0 radical (unpaired) electrons. The van der Waals surface area contributed by atoms with Crippen molar-refractivity contribution in [1.29, 1.82) is 0 Å². The molecule has 0 unspecified atom stereocenters.